The first-order chi connectivity index (χ1) is 12.5. The summed E-state index contributed by atoms with van der Waals surface area (Å²) in [5, 5.41) is 0.826. The van der Waals surface area contributed by atoms with Crippen LogP contribution in [0.15, 0.2) is 24.4 Å². The lowest BCUT2D eigenvalue weighted by atomic mass is 9.76. The zero-order valence-corrected chi connectivity index (χ0v) is 16.6. The van der Waals surface area contributed by atoms with Gasteiger partial charge in [-0.1, -0.05) is 6.07 Å². The topological polar surface area (TPSA) is 49.3 Å². The van der Waals surface area contributed by atoms with Gasteiger partial charge in [-0.2, -0.15) is 0 Å². The molecule has 2 aromatic heterocycles. The fraction of sp³-hybridized carbons (Fsp3) is 0.550. The van der Waals surface area contributed by atoms with Crippen LogP contribution in [0, 0.1) is 6.92 Å². The van der Waals surface area contributed by atoms with E-state index in [1.165, 1.54) is 17.8 Å². The number of piperidine rings is 2. The number of pyridine rings is 1. The fourth-order valence-corrected chi connectivity index (χ4v) is 5.52. The molecule has 0 aliphatic carbocycles. The molecule has 1 amide bonds. The van der Waals surface area contributed by atoms with Crippen LogP contribution >= 0.6 is 11.3 Å². The van der Waals surface area contributed by atoms with E-state index in [1.54, 1.807) is 6.20 Å². The van der Waals surface area contributed by atoms with Gasteiger partial charge in [0, 0.05) is 18.3 Å². The van der Waals surface area contributed by atoms with Crippen molar-refractivity contribution in [1.82, 2.24) is 19.8 Å². The van der Waals surface area contributed by atoms with E-state index in [9.17, 15) is 4.79 Å². The standard InChI is InChI=1S/C20H26N4OS/c1-14-17(26-18(22-14)15-8-4-5-11-21-15)19(25)24-13-7-10-20(2)16(24)9-6-12-23(20)3/h4-5,8,11,16H,6-7,9-10,12-13H2,1-3H3/t16-,20-/m0/s1. The maximum atomic E-state index is 13.4. The molecule has 2 atom stereocenters. The van der Waals surface area contributed by atoms with Gasteiger partial charge in [0.05, 0.1) is 17.4 Å². The number of aryl methyl sites for hydroxylation is 1. The number of fused-ring (bicyclic) bond motifs is 1. The summed E-state index contributed by atoms with van der Waals surface area (Å²) in [6.07, 6.45) is 6.24. The lowest BCUT2D eigenvalue weighted by Gasteiger charge is -2.55. The summed E-state index contributed by atoms with van der Waals surface area (Å²) in [6, 6.07) is 6.08. The van der Waals surface area contributed by atoms with Gasteiger partial charge in [0.15, 0.2) is 0 Å². The molecule has 4 heterocycles. The average molecular weight is 371 g/mol. The summed E-state index contributed by atoms with van der Waals surface area (Å²) in [5.41, 5.74) is 1.74. The molecule has 2 aliphatic heterocycles. The molecule has 0 radical (unpaired) electrons. The van der Waals surface area contributed by atoms with Crippen molar-refractivity contribution < 1.29 is 4.79 Å². The number of likely N-dealkylation sites (N-methyl/N-ethyl adjacent to an activating group) is 1. The number of hydrogen-bond acceptors (Lipinski definition) is 5. The number of carbonyl (C=O) groups excluding carboxylic acids is 1. The highest BCUT2D eigenvalue weighted by molar-refractivity contribution is 7.17. The summed E-state index contributed by atoms with van der Waals surface area (Å²) >= 11 is 1.48. The molecule has 2 aliphatic rings. The molecular weight excluding hydrogens is 344 g/mol. The van der Waals surface area contributed by atoms with Gasteiger partial charge in [-0.25, -0.2) is 4.98 Å². The van der Waals surface area contributed by atoms with E-state index in [1.807, 2.05) is 25.1 Å². The van der Waals surface area contributed by atoms with E-state index in [0.29, 0.717) is 6.04 Å². The average Bonchev–Trinajstić information content (AvgIpc) is 3.04. The third-order valence-electron chi connectivity index (χ3n) is 6.15. The zero-order chi connectivity index (χ0) is 18.3. The maximum Gasteiger partial charge on any atom is 0.266 e. The van der Waals surface area contributed by atoms with Crippen LogP contribution in [0.1, 0.15) is 48.0 Å². The highest BCUT2D eigenvalue weighted by atomic mass is 32.1. The third-order valence-corrected chi connectivity index (χ3v) is 7.32. The summed E-state index contributed by atoms with van der Waals surface area (Å²) in [4.78, 5) is 27.8. The number of hydrogen-bond donors (Lipinski definition) is 0. The predicted molar refractivity (Wildman–Crippen MR) is 104 cm³/mol. The number of carbonyl (C=O) groups is 1. The van der Waals surface area contributed by atoms with Gasteiger partial charge in [-0.05, 0) is 65.3 Å². The second-order valence-electron chi connectivity index (χ2n) is 7.69. The Labute approximate surface area is 159 Å². The van der Waals surface area contributed by atoms with Crippen LogP contribution < -0.4 is 0 Å². The number of amides is 1. The maximum absolute atomic E-state index is 13.4. The SMILES string of the molecule is Cc1nc(-c2ccccn2)sc1C(=O)N1CCC[C@@]2(C)[C@@H]1CCCN2C. The summed E-state index contributed by atoms with van der Waals surface area (Å²) < 4.78 is 0. The monoisotopic (exact) mass is 370 g/mol. The van der Waals surface area contributed by atoms with Crippen molar-refractivity contribution in [2.24, 2.45) is 0 Å². The summed E-state index contributed by atoms with van der Waals surface area (Å²) in [6.45, 7) is 6.24. The van der Waals surface area contributed by atoms with Crippen molar-refractivity contribution in [3.05, 3.63) is 35.0 Å². The molecule has 4 rings (SSSR count). The summed E-state index contributed by atoms with van der Waals surface area (Å²) in [7, 11) is 2.21. The van der Waals surface area contributed by atoms with E-state index >= 15 is 0 Å². The first-order valence-corrected chi connectivity index (χ1v) is 10.2. The van der Waals surface area contributed by atoms with Crippen molar-refractivity contribution in [3.8, 4) is 10.7 Å². The predicted octanol–water partition coefficient (Wildman–Crippen LogP) is 3.60. The van der Waals surface area contributed by atoms with E-state index in [2.05, 4.69) is 33.7 Å². The number of thiazole rings is 1. The Bertz CT molecular complexity index is 805. The van der Waals surface area contributed by atoms with Crippen molar-refractivity contribution in [2.75, 3.05) is 20.1 Å². The quantitative estimate of drug-likeness (QED) is 0.810. The normalized spacial score (nSPS) is 26.6. The molecule has 5 nitrogen and oxygen atoms in total. The van der Waals surface area contributed by atoms with Crippen LogP contribution in [0.25, 0.3) is 10.7 Å². The van der Waals surface area contributed by atoms with Crippen LogP contribution in [0.2, 0.25) is 0 Å². The molecule has 2 saturated heterocycles. The van der Waals surface area contributed by atoms with Crippen LogP contribution in [-0.2, 0) is 0 Å². The van der Waals surface area contributed by atoms with E-state index < -0.39 is 0 Å². The van der Waals surface area contributed by atoms with Crippen LogP contribution in [-0.4, -0.2) is 57.4 Å². The highest BCUT2D eigenvalue weighted by Crippen LogP contribution is 2.39. The molecule has 0 N–H and O–H groups in total. The first kappa shape index (κ1) is 17.6. The number of rotatable bonds is 2. The Morgan fingerprint density at radius 1 is 1.31 bits per heavy atom. The van der Waals surface area contributed by atoms with E-state index in [0.717, 1.165) is 53.6 Å². The first-order valence-electron chi connectivity index (χ1n) is 9.42. The van der Waals surface area contributed by atoms with E-state index in [-0.39, 0.29) is 11.4 Å². The lowest BCUT2D eigenvalue weighted by Crippen LogP contribution is -2.66. The highest BCUT2D eigenvalue weighted by Gasteiger charge is 2.47. The Morgan fingerprint density at radius 2 is 2.15 bits per heavy atom. The number of aromatic nitrogens is 2. The molecule has 26 heavy (non-hydrogen) atoms. The molecule has 0 saturated carbocycles. The van der Waals surface area contributed by atoms with Crippen LogP contribution in [0.3, 0.4) is 0 Å². The van der Waals surface area contributed by atoms with Crippen molar-refractivity contribution in [1.29, 1.82) is 0 Å². The van der Waals surface area contributed by atoms with Gasteiger partial charge in [0.25, 0.3) is 5.91 Å². The van der Waals surface area contributed by atoms with Gasteiger partial charge in [-0.15, -0.1) is 11.3 Å². The molecular formula is C20H26N4OS. The van der Waals surface area contributed by atoms with Crippen molar-refractivity contribution >= 4 is 17.2 Å². The minimum absolute atomic E-state index is 0.0918. The number of nitrogens with zero attached hydrogens (tertiary/aromatic N) is 4. The molecule has 2 aromatic rings. The minimum Gasteiger partial charge on any atom is -0.333 e. The van der Waals surface area contributed by atoms with Gasteiger partial charge in [-0.3, -0.25) is 14.7 Å². The molecule has 138 valence electrons. The third kappa shape index (κ3) is 2.85. The second kappa shape index (κ2) is 6.74. The Kier molecular flexibility index (Phi) is 4.57. The molecule has 6 heteroatoms. The zero-order valence-electron chi connectivity index (χ0n) is 15.7. The van der Waals surface area contributed by atoms with Gasteiger partial charge in [0.1, 0.15) is 9.88 Å². The van der Waals surface area contributed by atoms with Gasteiger partial charge < -0.3 is 4.90 Å². The van der Waals surface area contributed by atoms with Crippen molar-refractivity contribution in [3.63, 3.8) is 0 Å². The number of likely N-dealkylation sites (tertiary alicyclic amines) is 2. The molecule has 0 aromatic carbocycles. The Morgan fingerprint density at radius 3 is 2.92 bits per heavy atom. The molecule has 0 unspecified atom stereocenters. The van der Waals surface area contributed by atoms with Gasteiger partial charge in [0.2, 0.25) is 0 Å². The van der Waals surface area contributed by atoms with E-state index in [4.69, 9.17) is 0 Å². The molecule has 0 spiro atoms. The lowest BCUT2D eigenvalue weighted by molar-refractivity contribution is -0.0346. The molecule has 0 bridgehead atoms. The Balaban J connectivity index is 1.64. The minimum atomic E-state index is 0.0918. The van der Waals surface area contributed by atoms with Gasteiger partial charge >= 0.3 is 0 Å². The molecule has 2 fully saturated rings. The van der Waals surface area contributed by atoms with Crippen LogP contribution in [0.5, 0.6) is 0 Å². The van der Waals surface area contributed by atoms with Crippen LogP contribution in [0.4, 0.5) is 0 Å². The smallest absolute Gasteiger partial charge is 0.266 e. The van der Waals surface area contributed by atoms with Crippen molar-refractivity contribution in [2.45, 2.75) is 51.1 Å². The Hall–Kier alpha value is -1.79. The summed E-state index contributed by atoms with van der Waals surface area (Å²) in [5.74, 6) is 0.147. The fourth-order valence-electron chi connectivity index (χ4n) is 4.52. The largest absolute Gasteiger partial charge is 0.333 e. The second-order valence-corrected chi connectivity index (χ2v) is 8.69.